The fourth-order valence-electron chi connectivity index (χ4n) is 2.84. The number of nitro benzene ring substituents is 1. The fraction of sp³-hybridized carbons (Fsp3) is 0.571. The molecule has 0 atom stereocenters. The van der Waals surface area contributed by atoms with E-state index in [0.717, 1.165) is 18.9 Å². The number of nitrogens with one attached hydrogen (secondary N) is 1. The highest BCUT2D eigenvalue weighted by Gasteiger charge is 2.35. The molecule has 1 aromatic carbocycles. The van der Waals surface area contributed by atoms with Gasteiger partial charge in [-0.25, -0.2) is 4.39 Å². The lowest BCUT2D eigenvalue weighted by atomic mass is 9.96. The van der Waals surface area contributed by atoms with Crippen molar-refractivity contribution in [2.75, 3.05) is 26.0 Å². The quantitative estimate of drug-likeness (QED) is 0.665. The van der Waals surface area contributed by atoms with Gasteiger partial charge in [-0.2, -0.15) is 0 Å². The van der Waals surface area contributed by atoms with E-state index in [1.54, 1.807) is 0 Å². The number of hydrogen-bond donors (Lipinski definition) is 1. The van der Waals surface area contributed by atoms with Gasteiger partial charge >= 0.3 is 0 Å². The molecular formula is C14H20FN3O2. The van der Waals surface area contributed by atoms with Crippen molar-refractivity contribution in [3.63, 3.8) is 0 Å². The van der Waals surface area contributed by atoms with Crippen LogP contribution >= 0.6 is 0 Å². The minimum absolute atomic E-state index is 0.0498. The van der Waals surface area contributed by atoms with Crippen LogP contribution in [0.15, 0.2) is 18.2 Å². The third-order valence-corrected chi connectivity index (χ3v) is 4.25. The van der Waals surface area contributed by atoms with Gasteiger partial charge in [0.25, 0.3) is 5.69 Å². The summed E-state index contributed by atoms with van der Waals surface area (Å²) < 4.78 is 13.8. The Morgan fingerprint density at radius 3 is 2.55 bits per heavy atom. The highest BCUT2D eigenvalue weighted by atomic mass is 19.1. The molecule has 1 aliphatic rings. The Bertz CT molecular complexity index is 499. The molecule has 0 aromatic heterocycles. The Balaban J connectivity index is 2.09. The smallest absolute Gasteiger partial charge is 0.272 e. The Labute approximate surface area is 117 Å². The van der Waals surface area contributed by atoms with Gasteiger partial charge in [-0.1, -0.05) is 12.8 Å². The second kappa shape index (κ2) is 5.75. The van der Waals surface area contributed by atoms with Gasteiger partial charge in [-0.05, 0) is 33.0 Å². The summed E-state index contributed by atoms with van der Waals surface area (Å²) in [5.74, 6) is -0.578. The lowest BCUT2D eigenvalue weighted by Gasteiger charge is -2.36. The first-order chi connectivity index (χ1) is 9.44. The van der Waals surface area contributed by atoms with Crippen LogP contribution in [-0.4, -0.2) is 36.0 Å². The minimum Gasteiger partial charge on any atom is -0.381 e. The van der Waals surface area contributed by atoms with Crippen molar-refractivity contribution >= 4 is 11.4 Å². The van der Waals surface area contributed by atoms with Gasteiger partial charge in [0.05, 0.1) is 16.7 Å². The van der Waals surface area contributed by atoms with Gasteiger partial charge < -0.3 is 10.2 Å². The SMILES string of the molecule is CN(C)C1(CNc2ccc([N+](=O)[O-])cc2F)CCCC1. The number of anilines is 1. The van der Waals surface area contributed by atoms with Crippen LogP contribution in [0.25, 0.3) is 0 Å². The number of rotatable bonds is 5. The van der Waals surface area contributed by atoms with Crippen LogP contribution in [0.3, 0.4) is 0 Å². The second-order valence-corrected chi connectivity index (χ2v) is 5.60. The molecule has 20 heavy (non-hydrogen) atoms. The standard InChI is InChI=1S/C14H20FN3O2/c1-17(2)14(7-3-4-8-14)10-16-13-6-5-11(18(19)20)9-12(13)15/h5-6,9,16H,3-4,7-8,10H2,1-2H3. The van der Waals surface area contributed by atoms with E-state index in [2.05, 4.69) is 10.2 Å². The predicted molar refractivity (Wildman–Crippen MR) is 76.4 cm³/mol. The largest absolute Gasteiger partial charge is 0.381 e. The number of likely N-dealkylation sites (N-methyl/N-ethyl adjacent to an activating group) is 1. The van der Waals surface area contributed by atoms with Crippen molar-refractivity contribution in [2.45, 2.75) is 31.2 Å². The molecule has 0 bridgehead atoms. The summed E-state index contributed by atoms with van der Waals surface area (Å²) >= 11 is 0. The third kappa shape index (κ3) is 2.90. The van der Waals surface area contributed by atoms with E-state index in [9.17, 15) is 14.5 Å². The van der Waals surface area contributed by atoms with Crippen LogP contribution in [0.5, 0.6) is 0 Å². The van der Waals surface area contributed by atoms with Crippen molar-refractivity contribution in [1.29, 1.82) is 0 Å². The number of halogens is 1. The van der Waals surface area contributed by atoms with Crippen molar-refractivity contribution < 1.29 is 9.31 Å². The molecule has 1 saturated carbocycles. The number of nitrogens with zero attached hydrogens (tertiary/aromatic N) is 2. The second-order valence-electron chi connectivity index (χ2n) is 5.60. The lowest BCUT2D eigenvalue weighted by molar-refractivity contribution is -0.385. The number of nitro groups is 1. The molecule has 110 valence electrons. The molecule has 0 unspecified atom stereocenters. The summed E-state index contributed by atoms with van der Waals surface area (Å²) in [4.78, 5) is 12.2. The molecule has 0 saturated heterocycles. The molecule has 5 nitrogen and oxygen atoms in total. The maximum atomic E-state index is 13.8. The van der Waals surface area contributed by atoms with Crippen LogP contribution in [0, 0.1) is 15.9 Å². The van der Waals surface area contributed by atoms with Crippen molar-refractivity contribution in [2.24, 2.45) is 0 Å². The van der Waals surface area contributed by atoms with Crippen molar-refractivity contribution in [1.82, 2.24) is 4.90 Å². The van der Waals surface area contributed by atoms with Gasteiger partial charge in [-0.15, -0.1) is 0 Å². The number of non-ortho nitro benzene ring substituents is 1. The molecule has 0 aliphatic heterocycles. The number of benzene rings is 1. The van der Waals surface area contributed by atoms with Gasteiger partial charge in [0.1, 0.15) is 0 Å². The first kappa shape index (κ1) is 14.7. The first-order valence-electron chi connectivity index (χ1n) is 6.80. The topological polar surface area (TPSA) is 58.4 Å². The van der Waals surface area contributed by atoms with Gasteiger partial charge in [0, 0.05) is 18.2 Å². The van der Waals surface area contributed by atoms with Crippen LogP contribution in [0.4, 0.5) is 15.8 Å². The van der Waals surface area contributed by atoms with E-state index in [1.807, 2.05) is 14.1 Å². The Morgan fingerprint density at radius 2 is 2.05 bits per heavy atom. The Hall–Kier alpha value is -1.69. The molecule has 1 fully saturated rings. The molecule has 1 aliphatic carbocycles. The van der Waals surface area contributed by atoms with E-state index in [4.69, 9.17) is 0 Å². The maximum Gasteiger partial charge on any atom is 0.272 e. The molecule has 0 amide bonds. The summed E-state index contributed by atoms with van der Waals surface area (Å²) in [5.41, 5.74) is 0.147. The molecule has 0 radical (unpaired) electrons. The van der Waals surface area contributed by atoms with Crippen molar-refractivity contribution in [3.8, 4) is 0 Å². The normalized spacial score (nSPS) is 17.4. The Kier molecular flexibility index (Phi) is 4.23. The summed E-state index contributed by atoms with van der Waals surface area (Å²) in [6, 6.07) is 3.72. The summed E-state index contributed by atoms with van der Waals surface area (Å²) in [6.07, 6.45) is 4.54. The Morgan fingerprint density at radius 1 is 1.40 bits per heavy atom. The average molecular weight is 281 g/mol. The van der Waals surface area contributed by atoms with Gasteiger partial charge in [0.2, 0.25) is 0 Å². The third-order valence-electron chi connectivity index (χ3n) is 4.25. The molecular weight excluding hydrogens is 261 g/mol. The summed E-state index contributed by atoms with van der Waals surface area (Å²) in [5, 5.41) is 13.7. The van der Waals surface area contributed by atoms with Crippen molar-refractivity contribution in [3.05, 3.63) is 34.1 Å². The first-order valence-corrected chi connectivity index (χ1v) is 6.80. The van der Waals surface area contributed by atoms with E-state index in [-0.39, 0.29) is 11.2 Å². The molecule has 0 spiro atoms. The van der Waals surface area contributed by atoms with E-state index in [0.29, 0.717) is 12.2 Å². The molecule has 2 rings (SSSR count). The zero-order chi connectivity index (χ0) is 14.8. The highest BCUT2D eigenvalue weighted by molar-refractivity contribution is 5.50. The van der Waals surface area contributed by atoms with Crippen LogP contribution in [0.1, 0.15) is 25.7 Å². The molecule has 0 heterocycles. The zero-order valence-corrected chi connectivity index (χ0v) is 11.9. The van der Waals surface area contributed by atoms with Crippen LogP contribution in [0.2, 0.25) is 0 Å². The predicted octanol–water partition coefficient (Wildman–Crippen LogP) is 3.02. The zero-order valence-electron chi connectivity index (χ0n) is 11.9. The summed E-state index contributed by atoms with van der Waals surface area (Å²) in [6.45, 7) is 0.648. The highest BCUT2D eigenvalue weighted by Crippen LogP contribution is 2.34. The van der Waals surface area contributed by atoms with E-state index < -0.39 is 10.7 Å². The van der Waals surface area contributed by atoms with Crippen LogP contribution < -0.4 is 5.32 Å². The molecule has 6 heteroatoms. The summed E-state index contributed by atoms with van der Waals surface area (Å²) in [7, 11) is 4.08. The monoisotopic (exact) mass is 281 g/mol. The van der Waals surface area contributed by atoms with Gasteiger partial charge in [-0.3, -0.25) is 10.1 Å². The average Bonchev–Trinajstić information content (AvgIpc) is 2.87. The molecule has 1 N–H and O–H groups in total. The number of hydrogen-bond acceptors (Lipinski definition) is 4. The lowest BCUT2D eigenvalue weighted by Crippen LogP contribution is -2.47. The maximum absolute atomic E-state index is 13.8. The van der Waals surface area contributed by atoms with E-state index >= 15 is 0 Å². The van der Waals surface area contributed by atoms with Crippen LogP contribution in [-0.2, 0) is 0 Å². The minimum atomic E-state index is -0.592. The van der Waals surface area contributed by atoms with E-state index in [1.165, 1.54) is 25.0 Å². The van der Waals surface area contributed by atoms with Gasteiger partial charge in [0.15, 0.2) is 5.82 Å². The molecule has 1 aromatic rings. The fourth-order valence-corrected chi connectivity index (χ4v) is 2.84.